The molecule has 2 rings (SSSR count). The van der Waals surface area contributed by atoms with Crippen LogP contribution in [0.1, 0.15) is 24.1 Å². The van der Waals surface area contributed by atoms with Crippen molar-refractivity contribution in [3.63, 3.8) is 0 Å². The number of likely N-dealkylation sites (N-methyl/N-ethyl adjacent to an activating group) is 1. The van der Waals surface area contributed by atoms with Gasteiger partial charge in [0, 0.05) is 19.3 Å². The first kappa shape index (κ1) is 15.2. The number of nitrogens with one attached hydrogen (secondary N) is 1. The molecule has 1 N–H and O–H groups in total. The maximum atomic E-state index is 12.1. The molecule has 1 heterocycles. The highest BCUT2D eigenvalue weighted by atomic mass is 16.5. The van der Waals surface area contributed by atoms with Crippen LogP contribution in [0.25, 0.3) is 0 Å². The second kappa shape index (κ2) is 6.47. The fraction of sp³-hybridized carbons (Fsp3) is 0.467. The van der Waals surface area contributed by atoms with Crippen molar-refractivity contribution in [3.05, 3.63) is 29.3 Å². The third-order valence-corrected chi connectivity index (χ3v) is 3.53. The zero-order chi connectivity index (χ0) is 15.4. The van der Waals surface area contributed by atoms with Gasteiger partial charge in [-0.2, -0.15) is 0 Å². The van der Waals surface area contributed by atoms with Gasteiger partial charge in [-0.3, -0.25) is 0 Å². The van der Waals surface area contributed by atoms with Gasteiger partial charge in [0.05, 0.1) is 13.7 Å². The predicted molar refractivity (Wildman–Crippen MR) is 78.3 cm³/mol. The number of rotatable bonds is 4. The van der Waals surface area contributed by atoms with Gasteiger partial charge < -0.3 is 19.7 Å². The molecular formula is C15H20N2O4. The lowest BCUT2D eigenvalue weighted by Gasteiger charge is -2.18. The van der Waals surface area contributed by atoms with E-state index < -0.39 is 18.1 Å². The van der Waals surface area contributed by atoms with Crippen LogP contribution in [0, 0.1) is 0 Å². The minimum absolute atomic E-state index is 0.256. The summed E-state index contributed by atoms with van der Waals surface area (Å²) in [6.07, 6.45) is 0.263. The lowest BCUT2D eigenvalue weighted by Crippen LogP contribution is -2.34. The lowest BCUT2D eigenvalue weighted by molar-refractivity contribution is -0.145. The number of alkyl carbamates (subject to hydrolysis) is 1. The molecule has 0 saturated carbocycles. The van der Waals surface area contributed by atoms with Crippen LogP contribution in [0.3, 0.4) is 0 Å². The van der Waals surface area contributed by atoms with Crippen LogP contribution in [-0.4, -0.2) is 39.4 Å². The Morgan fingerprint density at radius 3 is 2.86 bits per heavy atom. The van der Waals surface area contributed by atoms with Crippen LogP contribution in [-0.2, 0) is 20.7 Å². The summed E-state index contributed by atoms with van der Waals surface area (Å²) >= 11 is 0. The van der Waals surface area contributed by atoms with E-state index in [0.717, 1.165) is 24.2 Å². The number of methoxy groups -OCH3 is 1. The molecule has 1 atom stereocenters. The summed E-state index contributed by atoms with van der Waals surface area (Å²) in [7, 11) is 3.29. The molecule has 0 aromatic heterocycles. The van der Waals surface area contributed by atoms with E-state index in [1.165, 1.54) is 7.11 Å². The largest absolute Gasteiger partial charge is 0.464 e. The monoisotopic (exact) mass is 292 g/mol. The summed E-state index contributed by atoms with van der Waals surface area (Å²) in [5.41, 5.74) is 3.02. The first-order chi connectivity index (χ1) is 10.1. The van der Waals surface area contributed by atoms with Crippen molar-refractivity contribution in [2.75, 3.05) is 32.2 Å². The van der Waals surface area contributed by atoms with Gasteiger partial charge in [0.2, 0.25) is 0 Å². The number of hydrogen-bond acceptors (Lipinski definition) is 5. The van der Waals surface area contributed by atoms with Gasteiger partial charge in [-0.05, 0) is 30.5 Å². The minimum Gasteiger partial charge on any atom is -0.464 e. The van der Waals surface area contributed by atoms with E-state index in [1.807, 2.05) is 25.2 Å². The molecular weight excluding hydrogens is 272 g/mol. The Morgan fingerprint density at radius 2 is 2.19 bits per heavy atom. The summed E-state index contributed by atoms with van der Waals surface area (Å²) in [6.45, 7) is 2.93. The Kier molecular flexibility index (Phi) is 4.67. The molecule has 6 nitrogen and oxygen atoms in total. The summed E-state index contributed by atoms with van der Waals surface area (Å²) in [5, 5.41) is 2.52. The number of fused-ring (bicyclic) bond motifs is 1. The maximum Gasteiger partial charge on any atom is 0.407 e. The Labute approximate surface area is 124 Å². The van der Waals surface area contributed by atoms with Gasteiger partial charge in [-0.15, -0.1) is 0 Å². The maximum absolute atomic E-state index is 12.1. The number of carbonyl (C=O) groups excluding carboxylic acids is 2. The highest BCUT2D eigenvalue weighted by Crippen LogP contribution is 2.29. The van der Waals surface area contributed by atoms with Crippen molar-refractivity contribution in [2.45, 2.75) is 19.4 Å². The number of carbonyl (C=O) groups is 2. The van der Waals surface area contributed by atoms with Crippen molar-refractivity contribution in [3.8, 4) is 0 Å². The molecule has 0 aliphatic carbocycles. The molecule has 6 heteroatoms. The number of nitrogens with zero attached hydrogens (tertiary/aromatic N) is 1. The van der Waals surface area contributed by atoms with E-state index >= 15 is 0 Å². The SMILES string of the molecule is CCOC(=O)[C@@H](NC(=O)OC)c1ccc2c(c1)CCN2C. The Morgan fingerprint density at radius 1 is 1.43 bits per heavy atom. The van der Waals surface area contributed by atoms with Crippen LogP contribution < -0.4 is 10.2 Å². The van der Waals surface area contributed by atoms with Crippen LogP contribution in [0.2, 0.25) is 0 Å². The molecule has 0 unspecified atom stereocenters. The molecule has 1 aliphatic heterocycles. The molecule has 114 valence electrons. The van der Waals surface area contributed by atoms with E-state index in [0.29, 0.717) is 5.56 Å². The Bertz CT molecular complexity index is 544. The zero-order valence-electron chi connectivity index (χ0n) is 12.5. The molecule has 0 radical (unpaired) electrons. The number of hydrogen-bond donors (Lipinski definition) is 1. The smallest absolute Gasteiger partial charge is 0.407 e. The second-order valence-electron chi connectivity index (χ2n) is 4.88. The van der Waals surface area contributed by atoms with E-state index in [2.05, 4.69) is 15.0 Å². The van der Waals surface area contributed by atoms with Gasteiger partial charge in [0.25, 0.3) is 0 Å². The fourth-order valence-electron chi connectivity index (χ4n) is 2.45. The van der Waals surface area contributed by atoms with E-state index in [-0.39, 0.29) is 6.61 Å². The van der Waals surface area contributed by atoms with Gasteiger partial charge in [0.15, 0.2) is 6.04 Å². The average molecular weight is 292 g/mol. The molecule has 0 spiro atoms. The third kappa shape index (κ3) is 3.26. The quantitative estimate of drug-likeness (QED) is 0.854. The number of amides is 1. The van der Waals surface area contributed by atoms with Crippen molar-refractivity contribution in [1.82, 2.24) is 5.32 Å². The fourth-order valence-corrected chi connectivity index (χ4v) is 2.45. The summed E-state index contributed by atoms with van der Waals surface area (Å²) in [5.74, 6) is -0.491. The summed E-state index contributed by atoms with van der Waals surface area (Å²) < 4.78 is 9.60. The first-order valence-electron chi connectivity index (χ1n) is 6.92. The average Bonchev–Trinajstić information content (AvgIpc) is 2.85. The van der Waals surface area contributed by atoms with Crippen molar-refractivity contribution in [2.24, 2.45) is 0 Å². The van der Waals surface area contributed by atoms with Crippen molar-refractivity contribution in [1.29, 1.82) is 0 Å². The van der Waals surface area contributed by atoms with Crippen molar-refractivity contribution < 1.29 is 19.1 Å². The highest BCUT2D eigenvalue weighted by Gasteiger charge is 2.26. The topological polar surface area (TPSA) is 67.9 Å². The minimum atomic E-state index is -0.853. The molecule has 1 aliphatic rings. The predicted octanol–water partition coefficient (Wildman–Crippen LogP) is 1.64. The van der Waals surface area contributed by atoms with E-state index in [9.17, 15) is 9.59 Å². The van der Waals surface area contributed by atoms with Crippen molar-refractivity contribution >= 4 is 17.7 Å². The molecule has 1 aromatic rings. The van der Waals surface area contributed by atoms with Crippen LogP contribution in [0.5, 0.6) is 0 Å². The molecule has 21 heavy (non-hydrogen) atoms. The molecule has 0 fully saturated rings. The Hall–Kier alpha value is -2.24. The van der Waals surface area contributed by atoms with Gasteiger partial charge in [0.1, 0.15) is 0 Å². The van der Waals surface area contributed by atoms with E-state index in [1.54, 1.807) is 6.92 Å². The zero-order valence-corrected chi connectivity index (χ0v) is 12.5. The number of anilines is 1. The molecule has 0 saturated heterocycles. The Balaban J connectivity index is 2.28. The van der Waals surface area contributed by atoms with Crippen LogP contribution in [0.4, 0.5) is 10.5 Å². The number of esters is 1. The second-order valence-corrected chi connectivity index (χ2v) is 4.88. The molecule has 1 aromatic carbocycles. The van der Waals surface area contributed by atoms with Gasteiger partial charge >= 0.3 is 12.1 Å². The standard InChI is InChI=1S/C15H20N2O4/c1-4-21-14(18)13(16-15(19)20-3)11-5-6-12-10(9-11)7-8-17(12)2/h5-6,9,13H,4,7-8H2,1-3H3,(H,16,19)/t13-/m0/s1. The first-order valence-corrected chi connectivity index (χ1v) is 6.92. The molecule has 0 bridgehead atoms. The van der Waals surface area contributed by atoms with E-state index in [4.69, 9.17) is 4.74 Å². The van der Waals surface area contributed by atoms with Gasteiger partial charge in [-0.1, -0.05) is 12.1 Å². The van der Waals surface area contributed by atoms with Gasteiger partial charge in [-0.25, -0.2) is 9.59 Å². The van der Waals surface area contributed by atoms with Crippen LogP contribution >= 0.6 is 0 Å². The summed E-state index contributed by atoms with van der Waals surface area (Å²) in [4.78, 5) is 25.7. The number of benzene rings is 1. The van der Waals surface area contributed by atoms with Crippen LogP contribution in [0.15, 0.2) is 18.2 Å². The molecule has 1 amide bonds. The third-order valence-electron chi connectivity index (χ3n) is 3.53. The summed E-state index contributed by atoms with van der Waals surface area (Å²) in [6, 6.07) is 4.88. The highest BCUT2D eigenvalue weighted by molar-refractivity contribution is 5.83. The number of ether oxygens (including phenoxy) is 2. The lowest BCUT2D eigenvalue weighted by atomic mass is 10.0. The normalized spacial score (nSPS) is 14.3.